The molecule has 0 saturated heterocycles. The Morgan fingerprint density at radius 2 is 1.96 bits per heavy atom. The summed E-state index contributed by atoms with van der Waals surface area (Å²) < 4.78 is 1.77. The summed E-state index contributed by atoms with van der Waals surface area (Å²) in [6.07, 6.45) is 6.13. The van der Waals surface area contributed by atoms with E-state index in [4.69, 9.17) is 11.6 Å². The van der Waals surface area contributed by atoms with E-state index in [2.05, 4.69) is 22.3 Å². The lowest BCUT2D eigenvalue weighted by Gasteiger charge is -2.29. The first-order valence-electron chi connectivity index (χ1n) is 9.46. The van der Waals surface area contributed by atoms with Crippen LogP contribution < -0.4 is 5.32 Å². The number of nitrogens with zero attached hydrogens (tertiary/aromatic N) is 3. The number of nitrogens with one attached hydrogen (secondary N) is 1. The Bertz CT molecular complexity index is 983. The fraction of sp³-hybridized carbons (Fsp3) is 0.381. The Kier molecular flexibility index (Phi) is 4.87. The Morgan fingerprint density at radius 3 is 2.70 bits per heavy atom. The zero-order valence-electron chi connectivity index (χ0n) is 15.6. The highest BCUT2D eigenvalue weighted by Gasteiger charge is 2.25. The lowest BCUT2D eigenvalue weighted by atomic mass is 9.86. The van der Waals surface area contributed by atoms with Gasteiger partial charge in [-0.1, -0.05) is 49.6 Å². The molecule has 1 N–H and O–H groups in total. The fourth-order valence-corrected chi connectivity index (χ4v) is 4.25. The molecule has 0 bridgehead atoms. The van der Waals surface area contributed by atoms with Gasteiger partial charge in [0.25, 0.3) is 5.91 Å². The van der Waals surface area contributed by atoms with E-state index in [9.17, 15) is 4.79 Å². The van der Waals surface area contributed by atoms with Crippen LogP contribution in [-0.2, 0) is 0 Å². The third-order valence-electron chi connectivity index (χ3n) is 5.48. The van der Waals surface area contributed by atoms with E-state index in [1.165, 1.54) is 6.42 Å². The van der Waals surface area contributed by atoms with Crippen molar-refractivity contribution in [2.24, 2.45) is 5.92 Å². The SMILES string of the molecule is Cc1nn(-c2ccccc2)c2ncc(C(=O)N[C@H]3CCCC[C@@H]3C)c(Cl)c12. The Labute approximate surface area is 163 Å². The molecule has 27 heavy (non-hydrogen) atoms. The third kappa shape index (κ3) is 3.32. The summed E-state index contributed by atoms with van der Waals surface area (Å²) in [7, 11) is 0. The fourth-order valence-electron chi connectivity index (χ4n) is 3.89. The second-order valence-electron chi connectivity index (χ2n) is 7.36. The second kappa shape index (κ2) is 7.31. The van der Waals surface area contributed by atoms with Gasteiger partial charge in [0, 0.05) is 12.2 Å². The highest BCUT2D eigenvalue weighted by atomic mass is 35.5. The molecule has 5 nitrogen and oxygen atoms in total. The number of hydrogen-bond acceptors (Lipinski definition) is 3. The molecular weight excluding hydrogens is 360 g/mol. The molecule has 1 aliphatic carbocycles. The first-order chi connectivity index (χ1) is 13.1. The number of benzene rings is 1. The molecule has 0 radical (unpaired) electrons. The molecule has 1 aromatic carbocycles. The summed E-state index contributed by atoms with van der Waals surface area (Å²) in [6, 6.07) is 9.99. The summed E-state index contributed by atoms with van der Waals surface area (Å²) in [5, 5.41) is 8.89. The molecule has 2 heterocycles. The number of carbonyl (C=O) groups excluding carboxylic acids is 1. The van der Waals surface area contributed by atoms with E-state index < -0.39 is 0 Å². The first kappa shape index (κ1) is 18.0. The highest BCUT2D eigenvalue weighted by molar-refractivity contribution is 6.38. The monoisotopic (exact) mass is 382 g/mol. The van der Waals surface area contributed by atoms with Gasteiger partial charge in [-0.3, -0.25) is 4.79 Å². The molecule has 4 rings (SSSR count). The number of pyridine rings is 1. The third-order valence-corrected chi connectivity index (χ3v) is 5.87. The number of rotatable bonds is 3. The van der Waals surface area contributed by atoms with Crippen LogP contribution in [-0.4, -0.2) is 26.7 Å². The van der Waals surface area contributed by atoms with Crippen molar-refractivity contribution in [1.82, 2.24) is 20.1 Å². The topological polar surface area (TPSA) is 59.8 Å². The van der Waals surface area contributed by atoms with Gasteiger partial charge in [-0.25, -0.2) is 9.67 Å². The lowest BCUT2D eigenvalue weighted by molar-refractivity contribution is 0.0910. The van der Waals surface area contributed by atoms with Crippen molar-refractivity contribution in [1.29, 1.82) is 0 Å². The lowest BCUT2D eigenvalue weighted by Crippen LogP contribution is -2.41. The van der Waals surface area contributed by atoms with Crippen molar-refractivity contribution < 1.29 is 4.79 Å². The van der Waals surface area contributed by atoms with Gasteiger partial charge in [0.15, 0.2) is 5.65 Å². The van der Waals surface area contributed by atoms with Crippen LogP contribution in [0.15, 0.2) is 36.5 Å². The van der Waals surface area contributed by atoms with Crippen LogP contribution in [0.5, 0.6) is 0 Å². The Morgan fingerprint density at radius 1 is 1.22 bits per heavy atom. The number of amides is 1. The van der Waals surface area contributed by atoms with Crippen molar-refractivity contribution in [3.05, 3.63) is 52.8 Å². The van der Waals surface area contributed by atoms with Crippen LogP contribution >= 0.6 is 11.6 Å². The zero-order chi connectivity index (χ0) is 19.0. The number of halogens is 1. The number of fused-ring (bicyclic) bond motifs is 1. The van der Waals surface area contributed by atoms with Crippen LogP contribution in [0.25, 0.3) is 16.7 Å². The van der Waals surface area contributed by atoms with E-state index in [1.54, 1.807) is 10.9 Å². The first-order valence-corrected chi connectivity index (χ1v) is 9.84. The quantitative estimate of drug-likeness (QED) is 0.714. The number of para-hydroxylation sites is 1. The van der Waals surface area contributed by atoms with Crippen LogP contribution in [0, 0.1) is 12.8 Å². The number of aromatic nitrogens is 3. The molecular formula is C21H23ClN4O. The molecule has 6 heteroatoms. The molecule has 1 saturated carbocycles. The number of aryl methyl sites for hydroxylation is 1. The number of carbonyl (C=O) groups is 1. The summed E-state index contributed by atoms with van der Waals surface area (Å²) in [4.78, 5) is 17.4. The molecule has 1 aliphatic rings. The smallest absolute Gasteiger partial charge is 0.254 e. The molecule has 0 unspecified atom stereocenters. The molecule has 0 spiro atoms. The van der Waals surface area contributed by atoms with Crippen molar-refractivity contribution in [3.63, 3.8) is 0 Å². The Hall–Kier alpha value is -2.40. The van der Waals surface area contributed by atoms with E-state index >= 15 is 0 Å². The number of hydrogen-bond donors (Lipinski definition) is 1. The molecule has 1 amide bonds. The zero-order valence-corrected chi connectivity index (χ0v) is 16.3. The maximum absolute atomic E-state index is 12.8. The molecule has 1 fully saturated rings. The summed E-state index contributed by atoms with van der Waals surface area (Å²) in [5.41, 5.74) is 2.74. The average Bonchev–Trinajstić information content (AvgIpc) is 3.02. The largest absolute Gasteiger partial charge is 0.349 e. The minimum absolute atomic E-state index is 0.153. The van der Waals surface area contributed by atoms with Crippen molar-refractivity contribution in [2.75, 3.05) is 0 Å². The molecule has 0 aliphatic heterocycles. The van der Waals surface area contributed by atoms with Gasteiger partial charge in [0.1, 0.15) is 0 Å². The molecule has 3 aromatic rings. The standard InChI is InChI=1S/C21H23ClN4O/c1-13-8-6-7-11-17(13)24-21(27)16-12-23-20-18(19(16)22)14(2)25-26(20)15-9-4-3-5-10-15/h3-5,9-10,12-13,17H,6-8,11H2,1-2H3,(H,24,27)/t13-,17-/m0/s1. The summed E-state index contributed by atoms with van der Waals surface area (Å²) in [5.74, 6) is 0.334. The minimum atomic E-state index is -0.153. The second-order valence-corrected chi connectivity index (χ2v) is 7.74. The van der Waals surface area contributed by atoms with Gasteiger partial charge in [0.05, 0.1) is 27.4 Å². The van der Waals surface area contributed by atoms with Gasteiger partial charge in [-0.05, 0) is 37.8 Å². The van der Waals surface area contributed by atoms with Gasteiger partial charge >= 0.3 is 0 Å². The summed E-state index contributed by atoms with van der Waals surface area (Å²) >= 11 is 6.64. The van der Waals surface area contributed by atoms with Crippen LogP contribution in [0.3, 0.4) is 0 Å². The summed E-state index contributed by atoms with van der Waals surface area (Å²) in [6.45, 7) is 4.08. The minimum Gasteiger partial charge on any atom is -0.349 e. The molecule has 2 atom stereocenters. The molecule has 2 aromatic heterocycles. The molecule has 140 valence electrons. The predicted octanol–water partition coefficient (Wildman–Crippen LogP) is 4.69. The highest BCUT2D eigenvalue weighted by Crippen LogP contribution is 2.30. The van der Waals surface area contributed by atoms with Gasteiger partial charge in [0.2, 0.25) is 0 Å². The van der Waals surface area contributed by atoms with Gasteiger partial charge in [-0.15, -0.1) is 0 Å². The van der Waals surface area contributed by atoms with Crippen LogP contribution in [0.4, 0.5) is 0 Å². The van der Waals surface area contributed by atoms with Gasteiger partial charge in [-0.2, -0.15) is 5.10 Å². The van der Waals surface area contributed by atoms with Crippen molar-refractivity contribution >= 4 is 28.5 Å². The van der Waals surface area contributed by atoms with E-state index in [-0.39, 0.29) is 11.9 Å². The van der Waals surface area contributed by atoms with E-state index in [1.807, 2.05) is 37.3 Å². The van der Waals surface area contributed by atoms with E-state index in [0.717, 1.165) is 36.0 Å². The maximum Gasteiger partial charge on any atom is 0.254 e. The van der Waals surface area contributed by atoms with Crippen LogP contribution in [0.2, 0.25) is 5.02 Å². The maximum atomic E-state index is 12.8. The predicted molar refractivity (Wildman–Crippen MR) is 107 cm³/mol. The van der Waals surface area contributed by atoms with Crippen molar-refractivity contribution in [2.45, 2.75) is 45.6 Å². The van der Waals surface area contributed by atoms with E-state index in [0.29, 0.717) is 22.2 Å². The van der Waals surface area contributed by atoms with Crippen LogP contribution in [0.1, 0.15) is 48.7 Å². The van der Waals surface area contributed by atoms with Gasteiger partial charge < -0.3 is 5.32 Å². The normalized spacial score (nSPS) is 20.0. The van der Waals surface area contributed by atoms with Crippen molar-refractivity contribution in [3.8, 4) is 5.69 Å². The Balaban J connectivity index is 1.70. The average molecular weight is 383 g/mol.